The first-order valence-electron chi connectivity index (χ1n) is 7.54. The van der Waals surface area contributed by atoms with Gasteiger partial charge < -0.3 is 9.73 Å². The molecule has 2 rings (SSSR count). The summed E-state index contributed by atoms with van der Waals surface area (Å²) in [5, 5.41) is 6.01. The van der Waals surface area contributed by atoms with Crippen LogP contribution in [0.15, 0.2) is 16.5 Å². The van der Waals surface area contributed by atoms with Crippen molar-refractivity contribution in [2.45, 2.75) is 52.1 Å². The molecule has 0 radical (unpaired) electrons. The molecule has 20 heavy (non-hydrogen) atoms. The van der Waals surface area contributed by atoms with Gasteiger partial charge in [0, 0.05) is 13.0 Å². The molecule has 112 valence electrons. The number of carbonyl (C=O) groups is 1. The Balaban J connectivity index is 1.88. The summed E-state index contributed by atoms with van der Waals surface area (Å²) < 4.78 is 5.85. The molecule has 1 aliphatic rings. The molecule has 0 spiro atoms. The molecule has 1 amide bonds. The van der Waals surface area contributed by atoms with Crippen molar-refractivity contribution in [1.29, 1.82) is 0 Å². The van der Waals surface area contributed by atoms with E-state index < -0.39 is 0 Å². The third-order valence-electron chi connectivity index (χ3n) is 3.95. The molecule has 0 saturated heterocycles. The molecule has 1 fully saturated rings. The highest BCUT2D eigenvalue weighted by atomic mass is 16.3. The SMILES string of the molecule is CNC(=O)C(CC(C)C)NCc1ccc(C2CC2C)o1. The van der Waals surface area contributed by atoms with Gasteiger partial charge in [-0.05, 0) is 36.8 Å². The van der Waals surface area contributed by atoms with Crippen LogP contribution in [0, 0.1) is 11.8 Å². The Bertz CT molecular complexity index is 453. The number of nitrogens with one attached hydrogen (secondary N) is 2. The molecule has 0 bridgehead atoms. The van der Waals surface area contributed by atoms with E-state index in [0.717, 1.165) is 23.9 Å². The van der Waals surface area contributed by atoms with Crippen LogP contribution < -0.4 is 10.6 Å². The lowest BCUT2D eigenvalue weighted by Gasteiger charge is -2.18. The molecule has 0 aromatic carbocycles. The lowest BCUT2D eigenvalue weighted by molar-refractivity contribution is -0.123. The number of amides is 1. The van der Waals surface area contributed by atoms with E-state index in [9.17, 15) is 4.79 Å². The average Bonchev–Trinajstić information content (AvgIpc) is 2.96. The van der Waals surface area contributed by atoms with Crippen molar-refractivity contribution >= 4 is 5.91 Å². The van der Waals surface area contributed by atoms with Crippen molar-refractivity contribution in [2.75, 3.05) is 7.05 Å². The number of likely N-dealkylation sites (N-methyl/N-ethyl adjacent to an activating group) is 1. The molecule has 1 saturated carbocycles. The zero-order chi connectivity index (χ0) is 14.7. The van der Waals surface area contributed by atoms with E-state index in [1.54, 1.807) is 7.05 Å². The molecule has 1 heterocycles. The summed E-state index contributed by atoms with van der Waals surface area (Å²) in [5.41, 5.74) is 0. The predicted molar refractivity (Wildman–Crippen MR) is 79.4 cm³/mol. The van der Waals surface area contributed by atoms with Gasteiger partial charge in [-0.3, -0.25) is 10.1 Å². The third kappa shape index (κ3) is 3.85. The second kappa shape index (κ2) is 6.44. The molecule has 1 aromatic heterocycles. The molecule has 4 heteroatoms. The van der Waals surface area contributed by atoms with Crippen LogP contribution in [0.4, 0.5) is 0 Å². The molecule has 0 aliphatic heterocycles. The smallest absolute Gasteiger partial charge is 0.236 e. The minimum absolute atomic E-state index is 0.0429. The van der Waals surface area contributed by atoms with E-state index >= 15 is 0 Å². The summed E-state index contributed by atoms with van der Waals surface area (Å²) in [7, 11) is 1.68. The zero-order valence-corrected chi connectivity index (χ0v) is 12.9. The van der Waals surface area contributed by atoms with Crippen molar-refractivity contribution in [3.8, 4) is 0 Å². The van der Waals surface area contributed by atoms with Gasteiger partial charge in [0.15, 0.2) is 0 Å². The van der Waals surface area contributed by atoms with Crippen LogP contribution in [0.5, 0.6) is 0 Å². The van der Waals surface area contributed by atoms with E-state index in [1.165, 1.54) is 6.42 Å². The van der Waals surface area contributed by atoms with Crippen molar-refractivity contribution in [3.63, 3.8) is 0 Å². The number of furan rings is 1. The number of rotatable bonds is 7. The van der Waals surface area contributed by atoms with Crippen LogP contribution in [0.1, 0.15) is 51.1 Å². The first-order chi connectivity index (χ1) is 9.51. The van der Waals surface area contributed by atoms with Crippen LogP contribution >= 0.6 is 0 Å². The third-order valence-corrected chi connectivity index (χ3v) is 3.95. The van der Waals surface area contributed by atoms with Crippen LogP contribution in [0.2, 0.25) is 0 Å². The van der Waals surface area contributed by atoms with E-state index in [1.807, 2.05) is 6.07 Å². The van der Waals surface area contributed by atoms with Crippen LogP contribution in [-0.4, -0.2) is 19.0 Å². The summed E-state index contributed by atoms with van der Waals surface area (Å²) in [6, 6.07) is 3.93. The quantitative estimate of drug-likeness (QED) is 0.806. The van der Waals surface area contributed by atoms with Gasteiger partial charge in [-0.2, -0.15) is 0 Å². The van der Waals surface area contributed by atoms with Crippen molar-refractivity contribution < 1.29 is 9.21 Å². The Hall–Kier alpha value is -1.29. The van der Waals surface area contributed by atoms with E-state index in [4.69, 9.17) is 4.42 Å². The summed E-state index contributed by atoms with van der Waals surface area (Å²) in [5.74, 6) is 3.88. The van der Waals surface area contributed by atoms with Crippen LogP contribution in [-0.2, 0) is 11.3 Å². The maximum absolute atomic E-state index is 11.8. The minimum atomic E-state index is -0.159. The van der Waals surface area contributed by atoms with Crippen LogP contribution in [0.3, 0.4) is 0 Å². The molecule has 3 atom stereocenters. The Kier molecular flexibility index (Phi) is 4.86. The Labute approximate surface area is 121 Å². The zero-order valence-electron chi connectivity index (χ0n) is 12.9. The second-order valence-electron chi connectivity index (χ2n) is 6.30. The average molecular weight is 278 g/mol. The highest BCUT2D eigenvalue weighted by Crippen LogP contribution is 2.47. The van der Waals surface area contributed by atoms with E-state index in [2.05, 4.69) is 37.5 Å². The fourth-order valence-electron chi connectivity index (χ4n) is 2.56. The van der Waals surface area contributed by atoms with Crippen molar-refractivity contribution in [1.82, 2.24) is 10.6 Å². The topological polar surface area (TPSA) is 54.3 Å². The standard InChI is InChI=1S/C16H26N2O2/c1-10(2)7-14(16(19)17-4)18-9-12-5-6-15(20-12)13-8-11(13)3/h5-6,10-11,13-14,18H,7-9H2,1-4H3,(H,17,19). The van der Waals surface area contributed by atoms with E-state index in [-0.39, 0.29) is 11.9 Å². The number of hydrogen-bond donors (Lipinski definition) is 2. The first-order valence-corrected chi connectivity index (χ1v) is 7.54. The van der Waals surface area contributed by atoms with E-state index in [0.29, 0.717) is 18.4 Å². The predicted octanol–water partition coefficient (Wildman–Crippen LogP) is 2.65. The maximum Gasteiger partial charge on any atom is 0.236 e. The van der Waals surface area contributed by atoms with Crippen molar-refractivity contribution in [2.24, 2.45) is 11.8 Å². The van der Waals surface area contributed by atoms with Gasteiger partial charge >= 0.3 is 0 Å². The second-order valence-corrected chi connectivity index (χ2v) is 6.30. The lowest BCUT2D eigenvalue weighted by Crippen LogP contribution is -2.43. The molecule has 4 nitrogen and oxygen atoms in total. The van der Waals surface area contributed by atoms with Gasteiger partial charge in [0.05, 0.1) is 12.6 Å². The van der Waals surface area contributed by atoms with Gasteiger partial charge in [0.25, 0.3) is 0 Å². The highest BCUT2D eigenvalue weighted by Gasteiger charge is 2.36. The number of carbonyl (C=O) groups excluding carboxylic acids is 1. The maximum atomic E-state index is 11.8. The fraction of sp³-hybridized carbons (Fsp3) is 0.688. The summed E-state index contributed by atoms with van der Waals surface area (Å²) in [6.45, 7) is 7.09. The Morgan fingerprint density at radius 1 is 1.45 bits per heavy atom. The van der Waals surface area contributed by atoms with Gasteiger partial charge in [-0.25, -0.2) is 0 Å². The van der Waals surface area contributed by atoms with Gasteiger partial charge in [0.1, 0.15) is 11.5 Å². The molecule has 1 aliphatic carbocycles. The summed E-state index contributed by atoms with van der Waals surface area (Å²) in [6.07, 6.45) is 2.06. The molecule has 1 aromatic rings. The molecule has 2 N–H and O–H groups in total. The minimum Gasteiger partial charge on any atom is -0.464 e. The highest BCUT2D eigenvalue weighted by molar-refractivity contribution is 5.81. The largest absolute Gasteiger partial charge is 0.464 e. The van der Waals surface area contributed by atoms with Crippen molar-refractivity contribution in [3.05, 3.63) is 23.7 Å². The van der Waals surface area contributed by atoms with Gasteiger partial charge in [-0.15, -0.1) is 0 Å². The molecular formula is C16H26N2O2. The summed E-state index contributed by atoms with van der Waals surface area (Å²) in [4.78, 5) is 11.8. The Morgan fingerprint density at radius 3 is 2.70 bits per heavy atom. The fourth-order valence-corrected chi connectivity index (χ4v) is 2.56. The first kappa shape index (κ1) is 15.1. The van der Waals surface area contributed by atoms with Gasteiger partial charge in [-0.1, -0.05) is 20.8 Å². The normalized spacial score (nSPS) is 22.9. The number of hydrogen-bond acceptors (Lipinski definition) is 3. The van der Waals surface area contributed by atoms with Gasteiger partial charge in [0.2, 0.25) is 5.91 Å². The lowest BCUT2D eigenvalue weighted by atomic mass is 10.0. The molecular weight excluding hydrogens is 252 g/mol. The molecule has 3 unspecified atom stereocenters. The summed E-state index contributed by atoms with van der Waals surface area (Å²) >= 11 is 0. The Morgan fingerprint density at radius 2 is 2.15 bits per heavy atom. The monoisotopic (exact) mass is 278 g/mol. The van der Waals surface area contributed by atoms with Crippen LogP contribution in [0.25, 0.3) is 0 Å².